The molecule has 0 atom stereocenters. The number of thiazole rings is 1. The molecule has 128 valence electrons. The Morgan fingerprint density at radius 1 is 1.20 bits per heavy atom. The summed E-state index contributed by atoms with van der Waals surface area (Å²) in [6, 6.07) is 11.9. The van der Waals surface area contributed by atoms with Crippen LogP contribution in [0.25, 0.3) is 10.8 Å². The van der Waals surface area contributed by atoms with Crippen molar-refractivity contribution in [1.29, 1.82) is 0 Å². The van der Waals surface area contributed by atoms with Crippen molar-refractivity contribution in [2.45, 2.75) is 30.6 Å². The highest BCUT2D eigenvalue weighted by molar-refractivity contribution is 8.00. The van der Waals surface area contributed by atoms with Crippen molar-refractivity contribution >= 4 is 56.5 Å². The van der Waals surface area contributed by atoms with Gasteiger partial charge in [0.2, 0.25) is 5.91 Å². The topological polar surface area (TPSA) is 42.0 Å². The van der Waals surface area contributed by atoms with Crippen LogP contribution in [0.2, 0.25) is 5.02 Å². The van der Waals surface area contributed by atoms with Crippen LogP contribution in [0.4, 0.5) is 5.13 Å². The Hall–Kier alpha value is -1.56. The summed E-state index contributed by atoms with van der Waals surface area (Å²) in [4.78, 5) is 19.2. The summed E-state index contributed by atoms with van der Waals surface area (Å²) in [5.74, 6) is 0.314. The number of hydrogen-bond donors (Lipinski definition) is 1. The van der Waals surface area contributed by atoms with Crippen LogP contribution in [0.15, 0.2) is 41.3 Å². The molecule has 1 aromatic heterocycles. The third-order valence-electron chi connectivity index (χ3n) is 4.27. The van der Waals surface area contributed by atoms with E-state index in [4.69, 9.17) is 11.6 Å². The molecule has 0 spiro atoms. The molecule has 4 rings (SSSR count). The van der Waals surface area contributed by atoms with Crippen molar-refractivity contribution in [2.24, 2.45) is 0 Å². The van der Waals surface area contributed by atoms with Gasteiger partial charge in [0.1, 0.15) is 0 Å². The number of amides is 1. The Morgan fingerprint density at radius 2 is 2.00 bits per heavy atom. The van der Waals surface area contributed by atoms with Crippen molar-refractivity contribution in [2.75, 3.05) is 11.1 Å². The van der Waals surface area contributed by atoms with E-state index in [-0.39, 0.29) is 5.91 Å². The summed E-state index contributed by atoms with van der Waals surface area (Å²) in [5, 5.41) is 6.49. The number of halogens is 1. The van der Waals surface area contributed by atoms with E-state index in [1.54, 1.807) is 11.3 Å². The van der Waals surface area contributed by atoms with Crippen molar-refractivity contribution in [3.63, 3.8) is 0 Å². The summed E-state index contributed by atoms with van der Waals surface area (Å²) in [7, 11) is 0. The molecule has 3 aromatic rings. The molecular formula is C19H17ClN2OS2. The number of aromatic nitrogens is 1. The maximum atomic E-state index is 12.3. The van der Waals surface area contributed by atoms with E-state index in [2.05, 4.69) is 10.3 Å². The van der Waals surface area contributed by atoms with E-state index in [1.807, 2.05) is 36.4 Å². The van der Waals surface area contributed by atoms with E-state index in [0.717, 1.165) is 33.6 Å². The van der Waals surface area contributed by atoms with Gasteiger partial charge < -0.3 is 5.32 Å². The lowest BCUT2D eigenvalue weighted by atomic mass is 10.0. The van der Waals surface area contributed by atoms with Gasteiger partial charge in [-0.3, -0.25) is 4.79 Å². The number of aryl methyl sites for hydroxylation is 2. The maximum Gasteiger partial charge on any atom is 0.236 e. The predicted octanol–water partition coefficient (Wildman–Crippen LogP) is 5.56. The lowest BCUT2D eigenvalue weighted by molar-refractivity contribution is -0.113. The first-order valence-corrected chi connectivity index (χ1v) is 10.5. The van der Waals surface area contributed by atoms with Crippen LogP contribution >= 0.6 is 34.7 Å². The van der Waals surface area contributed by atoms with Crippen LogP contribution in [-0.2, 0) is 17.6 Å². The average Bonchev–Trinajstić information content (AvgIpc) is 3.02. The van der Waals surface area contributed by atoms with Crippen molar-refractivity contribution < 1.29 is 4.79 Å². The second kappa shape index (κ2) is 7.36. The lowest BCUT2D eigenvalue weighted by Gasteiger charge is -2.07. The highest BCUT2D eigenvalue weighted by atomic mass is 35.5. The van der Waals surface area contributed by atoms with Crippen LogP contribution in [-0.4, -0.2) is 16.6 Å². The summed E-state index contributed by atoms with van der Waals surface area (Å²) >= 11 is 9.47. The monoisotopic (exact) mass is 388 g/mol. The first-order chi connectivity index (χ1) is 12.2. The van der Waals surface area contributed by atoms with Crippen LogP contribution in [0.1, 0.15) is 23.4 Å². The van der Waals surface area contributed by atoms with E-state index in [0.29, 0.717) is 10.8 Å². The zero-order valence-corrected chi connectivity index (χ0v) is 15.9. The molecule has 0 unspecified atom stereocenters. The first-order valence-electron chi connectivity index (χ1n) is 8.29. The second-order valence-corrected chi connectivity index (χ2v) is 8.53. The van der Waals surface area contributed by atoms with Crippen molar-refractivity contribution in [3.8, 4) is 0 Å². The average molecular weight is 389 g/mol. The van der Waals surface area contributed by atoms with Gasteiger partial charge in [-0.1, -0.05) is 35.9 Å². The summed E-state index contributed by atoms with van der Waals surface area (Å²) in [6.07, 6.45) is 4.54. The molecule has 0 saturated carbocycles. The Morgan fingerprint density at radius 3 is 2.84 bits per heavy atom. The fraction of sp³-hybridized carbons (Fsp3) is 0.263. The largest absolute Gasteiger partial charge is 0.301 e. The summed E-state index contributed by atoms with van der Waals surface area (Å²) in [6.45, 7) is 0. The predicted molar refractivity (Wildman–Crippen MR) is 107 cm³/mol. The third-order valence-corrected chi connectivity index (χ3v) is 6.71. The van der Waals surface area contributed by atoms with Gasteiger partial charge in [-0.05, 0) is 43.2 Å². The standard InChI is InChI=1S/C19H17ClN2OS2/c20-13-7-3-5-12-6-4-10-16(18(12)13)24-11-17(23)22-19-21-14-8-1-2-9-15(14)25-19/h3-7,10H,1-2,8-9,11H2,(H,21,22,23). The third kappa shape index (κ3) is 3.68. The second-order valence-electron chi connectivity index (χ2n) is 6.03. The molecule has 1 N–H and O–H groups in total. The van der Waals surface area contributed by atoms with Crippen LogP contribution < -0.4 is 5.32 Å². The van der Waals surface area contributed by atoms with Crippen molar-refractivity contribution in [1.82, 2.24) is 4.98 Å². The number of carbonyl (C=O) groups is 1. The quantitative estimate of drug-likeness (QED) is 0.595. The molecule has 1 aliphatic carbocycles. The van der Waals surface area contributed by atoms with Gasteiger partial charge in [-0.25, -0.2) is 4.98 Å². The number of rotatable bonds is 4. The molecule has 0 fully saturated rings. The van der Waals surface area contributed by atoms with E-state index in [9.17, 15) is 4.79 Å². The Kier molecular flexibility index (Phi) is 4.97. The Labute approximate surface area is 159 Å². The summed E-state index contributed by atoms with van der Waals surface area (Å²) in [5.41, 5.74) is 1.17. The van der Waals surface area contributed by atoms with Crippen LogP contribution in [0.5, 0.6) is 0 Å². The smallest absolute Gasteiger partial charge is 0.236 e. The van der Waals surface area contributed by atoms with E-state index in [1.165, 1.54) is 35.2 Å². The Balaban J connectivity index is 1.45. The molecule has 1 heterocycles. The molecule has 25 heavy (non-hydrogen) atoms. The van der Waals surface area contributed by atoms with Crippen LogP contribution in [0.3, 0.4) is 0 Å². The van der Waals surface area contributed by atoms with Crippen molar-refractivity contribution in [3.05, 3.63) is 52.0 Å². The molecule has 2 aromatic carbocycles. The van der Waals surface area contributed by atoms with Gasteiger partial charge >= 0.3 is 0 Å². The molecule has 0 aliphatic heterocycles. The van der Waals surface area contributed by atoms with Gasteiger partial charge in [0, 0.05) is 20.2 Å². The number of nitrogens with one attached hydrogen (secondary N) is 1. The lowest BCUT2D eigenvalue weighted by Crippen LogP contribution is -2.13. The van der Waals surface area contributed by atoms with Gasteiger partial charge in [-0.15, -0.1) is 23.1 Å². The molecule has 1 aliphatic rings. The zero-order chi connectivity index (χ0) is 17.2. The highest BCUT2D eigenvalue weighted by Crippen LogP contribution is 2.33. The molecule has 0 radical (unpaired) electrons. The number of nitrogens with zero attached hydrogens (tertiary/aromatic N) is 1. The minimum atomic E-state index is -0.0276. The summed E-state index contributed by atoms with van der Waals surface area (Å²) < 4.78 is 0. The maximum absolute atomic E-state index is 12.3. The zero-order valence-electron chi connectivity index (χ0n) is 13.5. The first kappa shape index (κ1) is 16.9. The van der Waals surface area contributed by atoms with E-state index < -0.39 is 0 Å². The molecule has 3 nitrogen and oxygen atoms in total. The number of fused-ring (bicyclic) bond motifs is 2. The van der Waals surface area contributed by atoms with Gasteiger partial charge in [0.25, 0.3) is 0 Å². The molecule has 6 heteroatoms. The normalized spacial score (nSPS) is 13.6. The fourth-order valence-electron chi connectivity index (χ4n) is 3.09. The SMILES string of the molecule is O=C(CSc1cccc2cccc(Cl)c12)Nc1nc2c(s1)CCCC2. The Bertz CT molecular complexity index is 910. The van der Waals surface area contributed by atoms with Gasteiger partial charge in [0.15, 0.2) is 5.13 Å². The van der Waals surface area contributed by atoms with E-state index >= 15 is 0 Å². The number of thioether (sulfide) groups is 1. The van der Waals surface area contributed by atoms with Gasteiger partial charge in [-0.2, -0.15) is 0 Å². The minimum absolute atomic E-state index is 0.0276. The minimum Gasteiger partial charge on any atom is -0.301 e. The van der Waals surface area contributed by atoms with Crippen LogP contribution in [0, 0.1) is 0 Å². The molecular weight excluding hydrogens is 372 g/mol. The highest BCUT2D eigenvalue weighted by Gasteiger charge is 2.16. The van der Waals surface area contributed by atoms with Gasteiger partial charge in [0.05, 0.1) is 11.4 Å². The molecule has 0 bridgehead atoms. The number of anilines is 1. The molecule has 0 saturated heterocycles. The fourth-order valence-corrected chi connectivity index (χ4v) is 5.40. The molecule has 1 amide bonds. The number of carbonyl (C=O) groups excluding carboxylic acids is 1. The number of benzene rings is 2. The number of hydrogen-bond acceptors (Lipinski definition) is 4.